The molecule has 2 heterocycles. The molecule has 1 N–H and O–H groups in total. The van der Waals surface area contributed by atoms with Crippen molar-refractivity contribution in [2.45, 2.75) is 123 Å². The van der Waals surface area contributed by atoms with Crippen molar-refractivity contribution >= 4 is 41.0 Å². The van der Waals surface area contributed by atoms with Crippen LogP contribution < -0.4 is 24.6 Å². The normalized spacial score (nSPS) is 16.9. The lowest BCUT2D eigenvalue weighted by Crippen LogP contribution is -2.54. The van der Waals surface area contributed by atoms with Gasteiger partial charge in [0, 0.05) is 38.6 Å². The van der Waals surface area contributed by atoms with E-state index >= 15 is 0 Å². The number of fused-ring (bicyclic) bond motifs is 2. The van der Waals surface area contributed by atoms with Crippen molar-refractivity contribution in [1.29, 1.82) is 0 Å². The molecule has 0 unspecified atom stereocenters. The van der Waals surface area contributed by atoms with E-state index in [4.69, 9.17) is 9.47 Å². The van der Waals surface area contributed by atoms with Crippen LogP contribution in [0.25, 0.3) is 0 Å². The zero-order chi connectivity index (χ0) is 47.4. The molecule has 3 aliphatic rings. The maximum absolute atomic E-state index is 14.5. The van der Waals surface area contributed by atoms with E-state index in [1.807, 2.05) is 37.3 Å². The number of hydrogen-bond donors (Lipinski definition) is 1. The Hall–Kier alpha value is -5.81. The van der Waals surface area contributed by atoms with Gasteiger partial charge in [-0.15, -0.1) is 0 Å². The van der Waals surface area contributed by atoms with Gasteiger partial charge in [-0.1, -0.05) is 63.4 Å². The van der Waals surface area contributed by atoms with Crippen molar-refractivity contribution < 1.29 is 64.5 Å². The van der Waals surface area contributed by atoms with Gasteiger partial charge in [-0.2, -0.15) is 26.3 Å². The van der Waals surface area contributed by atoms with Gasteiger partial charge in [0.15, 0.2) is 11.2 Å². The highest BCUT2D eigenvalue weighted by Gasteiger charge is 2.46. The molecule has 6 rings (SSSR count). The molecular weight excluding hydrogens is 851 g/mol. The number of benzene rings is 3. The summed E-state index contributed by atoms with van der Waals surface area (Å²) in [4.78, 5) is 67.6. The van der Waals surface area contributed by atoms with Crippen LogP contribution in [0, 0.1) is 0 Å². The molecule has 348 valence electrons. The van der Waals surface area contributed by atoms with Gasteiger partial charge in [-0.25, -0.2) is 4.79 Å². The molecule has 1 fully saturated rings. The zero-order valence-electron chi connectivity index (χ0n) is 36.9. The van der Waals surface area contributed by atoms with Crippen LogP contribution in [0.15, 0.2) is 54.6 Å². The average Bonchev–Trinajstić information content (AvgIpc) is 3.24. The van der Waals surface area contributed by atoms with Crippen LogP contribution in [0.2, 0.25) is 0 Å². The molecule has 18 heteroatoms. The molecule has 12 nitrogen and oxygen atoms in total. The minimum absolute atomic E-state index is 0.0136. The Bertz CT molecular complexity index is 2220. The number of halogens is 6. The van der Waals surface area contributed by atoms with Gasteiger partial charge in [-0.3, -0.25) is 19.2 Å². The molecule has 3 aromatic rings. The second kappa shape index (κ2) is 19.5. The lowest BCUT2D eigenvalue weighted by molar-refractivity contribution is -0.139. The molecule has 0 aromatic heterocycles. The van der Waals surface area contributed by atoms with Crippen molar-refractivity contribution in [2.75, 3.05) is 36.5 Å². The van der Waals surface area contributed by atoms with Gasteiger partial charge in [0.1, 0.15) is 11.5 Å². The Kier molecular flexibility index (Phi) is 15.0. The Labute approximate surface area is 368 Å². The molecule has 2 aliphatic heterocycles. The maximum Gasteiger partial charge on any atom is 0.417 e. The maximum atomic E-state index is 14.5. The number of rotatable bonds is 11. The fourth-order valence-electron chi connectivity index (χ4n) is 7.95. The Morgan fingerprint density at radius 1 is 0.766 bits per heavy atom. The number of carbonyl (C=O) groups is 5. The van der Waals surface area contributed by atoms with E-state index in [0.717, 1.165) is 56.2 Å². The van der Waals surface area contributed by atoms with Crippen LogP contribution in [0.5, 0.6) is 11.5 Å². The first kappa shape index (κ1) is 49.2. The first-order valence-corrected chi connectivity index (χ1v) is 21.2. The van der Waals surface area contributed by atoms with Crippen LogP contribution in [0.4, 0.5) is 37.7 Å². The van der Waals surface area contributed by atoms with Crippen molar-refractivity contribution in [3.8, 4) is 11.5 Å². The zero-order valence-corrected chi connectivity index (χ0v) is 36.9. The first-order valence-electron chi connectivity index (χ1n) is 21.2. The highest BCUT2D eigenvalue weighted by atomic mass is 19.4. The SMILES string of the molecule is CCC(=O)NCCN1C(=O)C(C)(C)Oc2cc(C(F)(F)F)c(C(=O)N(Cc3ccccc3)C3CCCCC3)cc21.CCCN1C(=O)C(C)(C)Oc2cc(C(F)(F)F)c(C(=O)OC)cc21. The lowest BCUT2D eigenvalue weighted by atomic mass is 9.92. The van der Waals surface area contributed by atoms with Gasteiger partial charge >= 0.3 is 18.3 Å². The highest BCUT2D eigenvalue weighted by molar-refractivity contribution is 6.06. The third-order valence-corrected chi connectivity index (χ3v) is 11.2. The van der Waals surface area contributed by atoms with E-state index in [1.165, 1.54) is 37.5 Å². The Morgan fingerprint density at radius 3 is 1.75 bits per heavy atom. The van der Waals surface area contributed by atoms with E-state index in [2.05, 4.69) is 10.1 Å². The Morgan fingerprint density at radius 2 is 1.27 bits per heavy atom. The van der Waals surface area contributed by atoms with E-state index in [9.17, 15) is 50.3 Å². The lowest BCUT2D eigenvalue weighted by Gasteiger charge is -2.40. The van der Waals surface area contributed by atoms with Crippen LogP contribution in [0.3, 0.4) is 0 Å². The number of hydrogen-bond acceptors (Lipinski definition) is 8. The number of esters is 1. The summed E-state index contributed by atoms with van der Waals surface area (Å²) >= 11 is 0. The minimum atomic E-state index is -4.83. The number of alkyl halides is 6. The number of methoxy groups -OCH3 is 1. The molecule has 0 spiro atoms. The van der Waals surface area contributed by atoms with Gasteiger partial charge in [0.25, 0.3) is 17.7 Å². The van der Waals surface area contributed by atoms with Crippen molar-refractivity contribution in [3.63, 3.8) is 0 Å². The molecule has 4 amide bonds. The largest absolute Gasteiger partial charge is 0.476 e. The van der Waals surface area contributed by atoms with Crippen molar-refractivity contribution in [2.24, 2.45) is 0 Å². The molecule has 0 saturated heterocycles. The average molecular weight is 905 g/mol. The topological polar surface area (TPSA) is 135 Å². The molecule has 0 atom stereocenters. The monoisotopic (exact) mass is 904 g/mol. The van der Waals surface area contributed by atoms with E-state index in [-0.39, 0.29) is 66.8 Å². The van der Waals surface area contributed by atoms with Crippen molar-refractivity contribution in [3.05, 3.63) is 82.4 Å². The number of amides is 4. The number of nitrogens with one attached hydrogen (secondary N) is 1. The van der Waals surface area contributed by atoms with Crippen LogP contribution in [0.1, 0.15) is 124 Å². The molecule has 64 heavy (non-hydrogen) atoms. The molecule has 1 aliphatic carbocycles. The highest BCUT2D eigenvalue weighted by Crippen LogP contribution is 2.46. The number of ether oxygens (including phenoxy) is 3. The molecule has 1 saturated carbocycles. The third kappa shape index (κ3) is 10.9. The fourth-order valence-corrected chi connectivity index (χ4v) is 7.95. The van der Waals surface area contributed by atoms with E-state index < -0.39 is 63.6 Å². The smallest absolute Gasteiger partial charge is 0.417 e. The van der Waals surface area contributed by atoms with E-state index in [0.29, 0.717) is 25.8 Å². The Balaban J connectivity index is 0.000000274. The van der Waals surface area contributed by atoms with Crippen LogP contribution in [-0.4, -0.2) is 78.5 Å². The summed E-state index contributed by atoms with van der Waals surface area (Å²) < 4.78 is 98.9. The number of anilines is 2. The minimum Gasteiger partial charge on any atom is -0.476 e. The fraction of sp³-hybridized carbons (Fsp3) is 0.500. The summed E-state index contributed by atoms with van der Waals surface area (Å²) in [5.41, 5.74) is -5.13. The van der Waals surface area contributed by atoms with Gasteiger partial charge in [0.2, 0.25) is 5.91 Å². The van der Waals surface area contributed by atoms with Crippen LogP contribution >= 0.6 is 0 Å². The number of nitrogens with zero attached hydrogens (tertiary/aromatic N) is 3. The summed E-state index contributed by atoms with van der Waals surface area (Å²) in [6.45, 7) is 10.0. The summed E-state index contributed by atoms with van der Waals surface area (Å²) in [5.74, 6) is -3.16. The predicted molar refractivity (Wildman–Crippen MR) is 225 cm³/mol. The van der Waals surface area contributed by atoms with Crippen LogP contribution in [-0.2, 0) is 38.0 Å². The molecule has 0 radical (unpaired) electrons. The molecule has 0 bridgehead atoms. The second-order valence-corrected chi connectivity index (χ2v) is 16.8. The van der Waals surface area contributed by atoms with Crippen molar-refractivity contribution in [1.82, 2.24) is 10.2 Å². The van der Waals surface area contributed by atoms with Gasteiger partial charge in [-0.05, 0) is 76.8 Å². The van der Waals surface area contributed by atoms with Gasteiger partial charge < -0.3 is 34.2 Å². The summed E-state index contributed by atoms with van der Waals surface area (Å²) in [5, 5.41) is 2.69. The molecular formula is C46H54F6N4O8. The summed E-state index contributed by atoms with van der Waals surface area (Å²) in [6.07, 6.45) is -4.50. The summed E-state index contributed by atoms with van der Waals surface area (Å²) in [7, 11) is 0.997. The first-order chi connectivity index (χ1) is 29.9. The molecule has 3 aromatic carbocycles. The summed E-state index contributed by atoms with van der Waals surface area (Å²) in [6, 6.07) is 12.7. The third-order valence-electron chi connectivity index (χ3n) is 11.2. The number of carbonyl (C=O) groups excluding carboxylic acids is 5. The second-order valence-electron chi connectivity index (χ2n) is 16.8. The quantitative estimate of drug-likeness (QED) is 0.149. The standard InChI is InChI=1S/C30H36F3N3O4.C16H18F3NO4/c1-4-26(37)34-15-16-35-24-17-22(23(30(31,32)33)18-25(24)40-29(2,3)28(35)39)27(38)36(21-13-9-6-10-14-21)19-20-11-7-5-8-12-20;1-5-6-20-11-7-9(13(21)23-4)10(16(17,18)19)8-12(11)24-15(2,3)14(20)22/h5,7-8,11-12,17-18,21H,4,6,9-10,13-16,19H2,1-3H3,(H,34,37);7-8H,5-6H2,1-4H3. The van der Waals surface area contributed by atoms with Gasteiger partial charge in [0.05, 0.1) is 40.7 Å². The van der Waals surface area contributed by atoms with E-state index in [1.54, 1.807) is 11.8 Å². The predicted octanol–water partition coefficient (Wildman–Crippen LogP) is 9.12.